The van der Waals surface area contributed by atoms with Crippen molar-refractivity contribution in [3.05, 3.63) is 39.7 Å². The average Bonchev–Trinajstić information content (AvgIpc) is 3.34. The van der Waals surface area contributed by atoms with Crippen molar-refractivity contribution < 1.29 is 37.7 Å². The van der Waals surface area contributed by atoms with Crippen molar-refractivity contribution in [2.75, 3.05) is 32.8 Å². The van der Waals surface area contributed by atoms with Crippen LogP contribution in [0.2, 0.25) is 5.02 Å². The number of carboxylic acid groups (broad SMARTS) is 1. The third kappa shape index (κ3) is 5.56. The molecule has 1 aromatic carbocycles. The Labute approximate surface area is 246 Å². The van der Waals surface area contributed by atoms with Gasteiger partial charge in [0.1, 0.15) is 30.4 Å². The smallest absolute Gasteiger partial charge is 0.310 e. The number of halogens is 3. The van der Waals surface area contributed by atoms with Crippen LogP contribution in [0.1, 0.15) is 67.6 Å². The van der Waals surface area contributed by atoms with Gasteiger partial charge in [0, 0.05) is 37.3 Å². The Morgan fingerprint density at radius 2 is 2.07 bits per heavy atom. The maximum absolute atomic E-state index is 14.3. The zero-order chi connectivity index (χ0) is 30.2. The second-order valence-electron chi connectivity index (χ2n) is 11.3. The lowest BCUT2D eigenvalue weighted by atomic mass is 9.66. The summed E-state index contributed by atoms with van der Waals surface area (Å²) in [5, 5.41) is 18.1. The third-order valence-corrected chi connectivity index (χ3v) is 9.20. The average molecular weight is 610 g/mol. The molecule has 0 spiro atoms. The molecule has 3 heterocycles. The molecule has 2 fully saturated rings. The number of aliphatic carboxylic acids is 1. The Kier molecular flexibility index (Phi) is 8.70. The lowest BCUT2D eigenvalue weighted by molar-refractivity contribution is -0.163. The largest absolute Gasteiger partial charge is 0.487 e. The van der Waals surface area contributed by atoms with Gasteiger partial charge in [-0.3, -0.25) is 14.4 Å². The molecule has 228 valence electrons. The highest BCUT2D eigenvalue weighted by Gasteiger charge is 2.50. The van der Waals surface area contributed by atoms with Gasteiger partial charge < -0.3 is 24.4 Å². The number of carboxylic acids is 1. The molecule has 42 heavy (non-hydrogen) atoms. The van der Waals surface area contributed by atoms with E-state index in [1.165, 1.54) is 7.05 Å². The van der Waals surface area contributed by atoms with E-state index in [4.69, 9.17) is 21.1 Å². The van der Waals surface area contributed by atoms with E-state index in [9.17, 15) is 28.3 Å². The molecule has 11 nitrogen and oxygen atoms in total. The first kappa shape index (κ1) is 30.1. The maximum Gasteiger partial charge on any atom is 0.310 e. The van der Waals surface area contributed by atoms with E-state index >= 15 is 0 Å². The van der Waals surface area contributed by atoms with E-state index in [0.29, 0.717) is 48.7 Å². The molecule has 3 aliphatic rings. The number of nitrogens with zero attached hydrogens (tertiary/aromatic N) is 5. The van der Waals surface area contributed by atoms with Crippen LogP contribution in [-0.2, 0) is 39.2 Å². The Morgan fingerprint density at radius 1 is 1.29 bits per heavy atom. The van der Waals surface area contributed by atoms with Crippen LogP contribution < -0.4 is 4.74 Å². The fourth-order valence-corrected chi connectivity index (χ4v) is 6.68. The first-order chi connectivity index (χ1) is 20.0. The number of benzene rings is 1. The summed E-state index contributed by atoms with van der Waals surface area (Å²) in [7, 11) is 1.37. The van der Waals surface area contributed by atoms with E-state index in [2.05, 4.69) is 10.3 Å². The number of amides is 2. The molecule has 1 saturated carbocycles. The molecule has 3 atom stereocenters. The zero-order valence-corrected chi connectivity index (χ0v) is 24.3. The molecule has 2 amide bonds. The van der Waals surface area contributed by atoms with Crippen LogP contribution in [0.25, 0.3) is 0 Å². The highest BCUT2D eigenvalue weighted by atomic mass is 35.5. The maximum atomic E-state index is 14.3. The van der Waals surface area contributed by atoms with Crippen LogP contribution >= 0.6 is 11.6 Å². The molecule has 5 rings (SSSR count). The van der Waals surface area contributed by atoms with Gasteiger partial charge in [-0.25, -0.2) is 13.5 Å². The molecule has 14 heteroatoms. The lowest BCUT2D eigenvalue weighted by Gasteiger charge is -2.45. The molecule has 2 aromatic rings. The minimum Gasteiger partial charge on any atom is -0.487 e. The highest BCUT2D eigenvalue weighted by Crippen LogP contribution is 2.46. The van der Waals surface area contributed by atoms with Gasteiger partial charge >= 0.3 is 5.97 Å². The summed E-state index contributed by atoms with van der Waals surface area (Å²) in [4.78, 5) is 42.7. The van der Waals surface area contributed by atoms with E-state index in [0.717, 1.165) is 23.1 Å². The molecule has 1 unspecified atom stereocenters. The van der Waals surface area contributed by atoms with Gasteiger partial charge in [-0.1, -0.05) is 29.7 Å². The second kappa shape index (κ2) is 12.1. The monoisotopic (exact) mass is 609 g/mol. The number of hydrogen-bond acceptors (Lipinski definition) is 7. The van der Waals surface area contributed by atoms with Gasteiger partial charge in [-0.2, -0.15) is 0 Å². The second-order valence-corrected chi connectivity index (χ2v) is 11.7. The first-order valence-electron chi connectivity index (χ1n) is 14.0. The van der Waals surface area contributed by atoms with Gasteiger partial charge in [0.2, 0.25) is 11.8 Å². The summed E-state index contributed by atoms with van der Waals surface area (Å²) in [6.07, 6.45) is -0.153. The number of ether oxygens (including phenoxy) is 2. The summed E-state index contributed by atoms with van der Waals surface area (Å²) in [5.74, 6) is -1.97. The molecule has 1 saturated heterocycles. The molecular formula is C28H34ClF2N5O6. The third-order valence-electron chi connectivity index (χ3n) is 8.84. The normalized spacial score (nSPS) is 24.6. The van der Waals surface area contributed by atoms with Gasteiger partial charge in [-0.05, 0) is 43.9 Å². The topological polar surface area (TPSA) is 127 Å². The predicted molar refractivity (Wildman–Crippen MR) is 145 cm³/mol. The Balaban J connectivity index is 1.54. The number of carbonyl (C=O) groups is 3. The molecule has 2 aliphatic heterocycles. The quantitative estimate of drug-likeness (QED) is 0.481. The van der Waals surface area contributed by atoms with Crippen LogP contribution in [-0.4, -0.2) is 80.5 Å². The van der Waals surface area contributed by atoms with Crippen molar-refractivity contribution in [2.45, 2.75) is 58.1 Å². The van der Waals surface area contributed by atoms with Crippen molar-refractivity contribution in [3.8, 4) is 5.75 Å². The Morgan fingerprint density at radius 3 is 2.79 bits per heavy atom. The number of carbonyl (C=O) groups excluding carboxylic acids is 2. The first-order valence-corrected chi connectivity index (χ1v) is 14.4. The summed E-state index contributed by atoms with van der Waals surface area (Å²) >= 11 is 6.64. The molecule has 0 bridgehead atoms. The van der Waals surface area contributed by atoms with Crippen LogP contribution in [0.4, 0.5) is 8.78 Å². The molecule has 1 aliphatic carbocycles. The summed E-state index contributed by atoms with van der Waals surface area (Å²) in [6.45, 7) is 2.26. The fourth-order valence-electron chi connectivity index (χ4n) is 6.42. The van der Waals surface area contributed by atoms with Crippen molar-refractivity contribution in [3.63, 3.8) is 0 Å². The SMILES string of the molecule is Cn1nnc(COc2ccc(Cl)c3c2[C@@H](CN2CCOCC2=O)N(C(=O)C2CCCC[C@@]2(C)C(=O)O)CC3)c1C(F)F. The number of aromatic nitrogens is 3. The van der Waals surface area contributed by atoms with Gasteiger partial charge in [-0.15, -0.1) is 5.10 Å². The van der Waals surface area contributed by atoms with Crippen molar-refractivity contribution in [1.29, 1.82) is 0 Å². The molecule has 1 N–H and O–H groups in total. The minimum absolute atomic E-state index is 0.0284. The van der Waals surface area contributed by atoms with Crippen molar-refractivity contribution in [2.24, 2.45) is 18.4 Å². The Bertz CT molecular complexity index is 1370. The molecule has 0 radical (unpaired) electrons. The van der Waals surface area contributed by atoms with Crippen LogP contribution in [0.5, 0.6) is 5.75 Å². The van der Waals surface area contributed by atoms with E-state index in [1.54, 1.807) is 28.9 Å². The van der Waals surface area contributed by atoms with Crippen molar-refractivity contribution in [1.82, 2.24) is 24.8 Å². The van der Waals surface area contributed by atoms with Crippen LogP contribution in [0, 0.1) is 11.3 Å². The van der Waals surface area contributed by atoms with E-state index in [-0.39, 0.29) is 49.5 Å². The summed E-state index contributed by atoms with van der Waals surface area (Å²) < 4.78 is 39.7. The van der Waals surface area contributed by atoms with E-state index < -0.39 is 29.8 Å². The summed E-state index contributed by atoms with van der Waals surface area (Å²) in [6, 6.07) is 2.55. The molecule has 1 aromatic heterocycles. The van der Waals surface area contributed by atoms with Gasteiger partial charge in [0.25, 0.3) is 6.43 Å². The standard InChI is InChI=1S/C28H34ClF2N5O6/c1-28(27(39)40)9-4-3-5-17(28)26(38)36-10-8-16-18(29)6-7-21(42-14-19-24(25(30)31)34(2)33-32-19)23(16)20(36)13-35-11-12-41-15-22(35)37/h6-7,17,20,25H,3-5,8-15H2,1-2H3,(H,39,40)/t17?,20-,28-/m1/s1. The van der Waals surface area contributed by atoms with E-state index in [1.807, 2.05) is 0 Å². The fraction of sp³-hybridized carbons (Fsp3) is 0.607. The van der Waals surface area contributed by atoms with Crippen LogP contribution in [0.15, 0.2) is 12.1 Å². The van der Waals surface area contributed by atoms with Gasteiger partial charge in [0.15, 0.2) is 0 Å². The molecular weight excluding hydrogens is 576 g/mol. The van der Waals surface area contributed by atoms with Crippen molar-refractivity contribution >= 4 is 29.4 Å². The number of fused-ring (bicyclic) bond motifs is 1. The lowest BCUT2D eigenvalue weighted by Crippen LogP contribution is -2.54. The number of alkyl halides is 2. The minimum atomic E-state index is -2.81. The number of hydrogen-bond donors (Lipinski definition) is 1. The van der Waals surface area contributed by atoms with Crippen LogP contribution in [0.3, 0.4) is 0 Å². The number of morpholine rings is 1. The number of rotatable bonds is 8. The predicted octanol–water partition coefficient (Wildman–Crippen LogP) is 3.55. The zero-order valence-electron chi connectivity index (χ0n) is 23.5. The number of aryl methyl sites for hydroxylation is 1. The van der Waals surface area contributed by atoms with Gasteiger partial charge in [0.05, 0.1) is 24.0 Å². The Hall–Kier alpha value is -3.32. The highest BCUT2D eigenvalue weighted by molar-refractivity contribution is 6.31. The summed E-state index contributed by atoms with van der Waals surface area (Å²) in [5.41, 5.74) is -0.326.